The number of hydrogen-bond acceptors (Lipinski definition) is 3. The third-order valence-corrected chi connectivity index (χ3v) is 3.67. The van der Waals surface area contributed by atoms with Crippen molar-refractivity contribution in [3.05, 3.63) is 46.6 Å². The first-order valence-corrected chi connectivity index (χ1v) is 7.50. The van der Waals surface area contributed by atoms with Gasteiger partial charge in [0.05, 0.1) is 12.6 Å². The first-order valence-electron chi connectivity index (χ1n) is 6.71. The molecule has 1 heterocycles. The van der Waals surface area contributed by atoms with Gasteiger partial charge in [-0.3, -0.25) is 4.79 Å². The molecule has 0 saturated carbocycles. The smallest absolute Gasteiger partial charge is 0.319 e. The van der Waals surface area contributed by atoms with E-state index >= 15 is 0 Å². The van der Waals surface area contributed by atoms with Gasteiger partial charge in [0, 0.05) is 10.2 Å². The second-order valence-electron chi connectivity index (χ2n) is 4.80. The summed E-state index contributed by atoms with van der Waals surface area (Å²) in [5.74, 6) is -1.04. The maximum absolute atomic E-state index is 12.3. The summed E-state index contributed by atoms with van der Waals surface area (Å²) >= 11 is 3.39. The molecule has 6 heteroatoms. The predicted octanol–water partition coefficient (Wildman–Crippen LogP) is 2.89. The van der Waals surface area contributed by atoms with E-state index in [0.717, 1.165) is 16.5 Å². The summed E-state index contributed by atoms with van der Waals surface area (Å²) in [4.78, 5) is 23.9. The predicted molar refractivity (Wildman–Crippen MR) is 82.4 cm³/mol. The Bertz CT molecular complexity index is 574. The molecule has 1 aromatic rings. The summed E-state index contributed by atoms with van der Waals surface area (Å²) < 4.78 is 6.09. The molecule has 112 valence electrons. The molecular formula is C15H17BrN2O3. The van der Waals surface area contributed by atoms with Gasteiger partial charge in [-0.1, -0.05) is 41.6 Å². The number of rotatable bonds is 4. The van der Waals surface area contributed by atoms with Crippen LogP contribution in [0.3, 0.4) is 0 Å². The molecular weight excluding hydrogens is 336 g/mol. The highest BCUT2D eigenvalue weighted by molar-refractivity contribution is 9.10. The van der Waals surface area contributed by atoms with Gasteiger partial charge in [0.1, 0.15) is 5.92 Å². The molecule has 2 amide bonds. The van der Waals surface area contributed by atoms with Crippen molar-refractivity contribution in [3.63, 3.8) is 0 Å². The van der Waals surface area contributed by atoms with E-state index in [4.69, 9.17) is 4.74 Å². The largest absolute Gasteiger partial charge is 0.465 e. The van der Waals surface area contributed by atoms with Gasteiger partial charge >= 0.3 is 12.0 Å². The van der Waals surface area contributed by atoms with Crippen molar-refractivity contribution in [2.24, 2.45) is 5.92 Å². The molecule has 0 aromatic heterocycles. The van der Waals surface area contributed by atoms with Crippen LogP contribution in [-0.4, -0.2) is 18.6 Å². The minimum absolute atomic E-state index is 0.349. The highest BCUT2D eigenvalue weighted by Gasteiger charge is 2.38. The first-order chi connectivity index (χ1) is 10.0. The van der Waals surface area contributed by atoms with Crippen LogP contribution in [0.5, 0.6) is 0 Å². The zero-order chi connectivity index (χ0) is 15.4. The second-order valence-corrected chi connectivity index (χ2v) is 5.72. The number of urea groups is 1. The van der Waals surface area contributed by atoms with Gasteiger partial charge in [0.15, 0.2) is 0 Å². The fraction of sp³-hybridized carbons (Fsp3) is 0.333. The van der Waals surface area contributed by atoms with Gasteiger partial charge in [-0.2, -0.15) is 0 Å². The van der Waals surface area contributed by atoms with Crippen molar-refractivity contribution in [2.45, 2.75) is 19.4 Å². The number of carbonyl (C=O) groups excluding carboxylic acids is 2. The van der Waals surface area contributed by atoms with E-state index in [9.17, 15) is 9.59 Å². The summed E-state index contributed by atoms with van der Waals surface area (Å²) in [7, 11) is 0. The molecule has 5 nitrogen and oxygen atoms in total. The lowest BCUT2D eigenvalue weighted by molar-refractivity contribution is -0.148. The van der Waals surface area contributed by atoms with Gasteiger partial charge in [0.25, 0.3) is 0 Å². The third-order valence-electron chi connectivity index (χ3n) is 3.18. The quantitative estimate of drug-likeness (QED) is 0.818. The van der Waals surface area contributed by atoms with Crippen LogP contribution in [0, 0.1) is 5.92 Å². The number of halogens is 1. The molecule has 2 N–H and O–H groups in total. The Morgan fingerprint density at radius 2 is 2.24 bits per heavy atom. The van der Waals surface area contributed by atoms with Crippen molar-refractivity contribution >= 4 is 27.9 Å². The van der Waals surface area contributed by atoms with E-state index in [1.165, 1.54) is 0 Å². The number of carbonyl (C=O) groups is 2. The average molecular weight is 353 g/mol. The van der Waals surface area contributed by atoms with Crippen molar-refractivity contribution in [3.8, 4) is 0 Å². The van der Waals surface area contributed by atoms with Crippen LogP contribution >= 0.6 is 15.9 Å². The molecule has 2 atom stereocenters. The minimum atomic E-state index is -0.649. The summed E-state index contributed by atoms with van der Waals surface area (Å²) in [5.41, 5.74) is 1.17. The number of esters is 1. The summed E-state index contributed by atoms with van der Waals surface area (Å²) in [6.07, 6.45) is 0.742. The molecule has 1 fully saturated rings. The van der Waals surface area contributed by atoms with E-state index in [2.05, 4.69) is 33.1 Å². The van der Waals surface area contributed by atoms with E-state index in [1.807, 2.05) is 31.2 Å². The van der Waals surface area contributed by atoms with Crippen LogP contribution < -0.4 is 10.6 Å². The lowest BCUT2D eigenvalue weighted by atomic mass is 9.89. The van der Waals surface area contributed by atoms with Crippen LogP contribution in [0.2, 0.25) is 0 Å². The number of ether oxygens (including phenoxy) is 1. The number of amides is 2. The van der Waals surface area contributed by atoms with Crippen LogP contribution in [0.4, 0.5) is 4.79 Å². The van der Waals surface area contributed by atoms with E-state index in [0.29, 0.717) is 12.3 Å². The van der Waals surface area contributed by atoms with E-state index < -0.39 is 12.0 Å². The lowest BCUT2D eigenvalue weighted by Gasteiger charge is -2.33. The molecule has 0 unspecified atom stereocenters. The van der Waals surface area contributed by atoms with Crippen LogP contribution in [-0.2, 0) is 9.53 Å². The van der Waals surface area contributed by atoms with Gasteiger partial charge in [-0.05, 0) is 24.1 Å². The van der Waals surface area contributed by atoms with Gasteiger partial charge in [-0.25, -0.2) is 4.79 Å². The van der Waals surface area contributed by atoms with Crippen molar-refractivity contribution in [2.75, 3.05) is 6.61 Å². The zero-order valence-electron chi connectivity index (χ0n) is 11.7. The first kappa shape index (κ1) is 15.6. The molecule has 0 aliphatic carbocycles. The summed E-state index contributed by atoms with van der Waals surface area (Å²) in [5, 5.41) is 5.31. The van der Waals surface area contributed by atoms with Gasteiger partial charge < -0.3 is 15.4 Å². The SMILES string of the molecule is C=C1NC(=O)N[C@H](c2cccc(Br)c2)[C@@H]1C(=O)OCCC. The Hall–Kier alpha value is -1.82. The standard InChI is InChI=1S/C15H17BrN2O3/c1-3-7-21-14(19)12-9(2)17-15(20)18-13(12)10-5-4-6-11(16)8-10/h4-6,8,12-13H,2-3,7H2,1H3,(H2,17,18,20)/t12-,13-/m1/s1. The fourth-order valence-corrected chi connectivity index (χ4v) is 2.65. The van der Waals surface area contributed by atoms with Crippen LogP contribution in [0.15, 0.2) is 41.0 Å². The van der Waals surface area contributed by atoms with Gasteiger partial charge in [-0.15, -0.1) is 0 Å². The van der Waals surface area contributed by atoms with E-state index in [-0.39, 0.29) is 12.0 Å². The van der Waals surface area contributed by atoms with Crippen molar-refractivity contribution < 1.29 is 14.3 Å². The normalized spacial score (nSPS) is 21.4. The molecule has 1 saturated heterocycles. The average Bonchev–Trinajstić information content (AvgIpc) is 2.44. The topological polar surface area (TPSA) is 67.4 Å². The molecule has 0 bridgehead atoms. The fourth-order valence-electron chi connectivity index (χ4n) is 2.23. The van der Waals surface area contributed by atoms with Crippen LogP contribution in [0.25, 0.3) is 0 Å². The molecule has 21 heavy (non-hydrogen) atoms. The molecule has 0 spiro atoms. The molecule has 1 aromatic carbocycles. The highest BCUT2D eigenvalue weighted by Crippen LogP contribution is 2.31. The Morgan fingerprint density at radius 3 is 2.90 bits per heavy atom. The highest BCUT2D eigenvalue weighted by atomic mass is 79.9. The molecule has 1 aliphatic heterocycles. The number of hydrogen-bond donors (Lipinski definition) is 2. The zero-order valence-corrected chi connectivity index (χ0v) is 13.3. The Balaban J connectivity index is 2.30. The molecule has 1 aliphatic rings. The van der Waals surface area contributed by atoms with Gasteiger partial charge in [0.2, 0.25) is 0 Å². The monoisotopic (exact) mass is 352 g/mol. The number of benzene rings is 1. The second kappa shape index (κ2) is 6.76. The summed E-state index contributed by atoms with van der Waals surface area (Å²) in [6.45, 7) is 6.06. The van der Waals surface area contributed by atoms with Crippen molar-refractivity contribution in [1.82, 2.24) is 10.6 Å². The maximum Gasteiger partial charge on any atom is 0.319 e. The number of nitrogens with one attached hydrogen (secondary N) is 2. The Kier molecular flexibility index (Phi) is 5.01. The maximum atomic E-state index is 12.3. The minimum Gasteiger partial charge on any atom is -0.465 e. The Morgan fingerprint density at radius 1 is 1.48 bits per heavy atom. The molecule has 0 radical (unpaired) electrons. The third kappa shape index (κ3) is 3.64. The summed E-state index contributed by atoms with van der Waals surface area (Å²) in [6, 6.07) is 6.59. The lowest BCUT2D eigenvalue weighted by Crippen LogP contribution is -2.51. The van der Waals surface area contributed by atoms with Crippen molar-refractivity contribution in [1.29, 1.82) is 0 Å². The van der Waals surface area contributed by atoms with E-state index in [1.54, 1.807) is 0 Å². The Labute approximate surface area is 131 Å². The molecule has 2 rings (SSSR count). The van der Waals surface area contributed by atoms with Crippen LogP contribution in [0.1, 0.15) is 24.9 Å².